The smallest absolute Gasteiger partial charge is 0.237 e. The van der Waals surface area contributed by atoms with E-state index in [-0.39, 0.29) is 11.2 Å². The van der Waals surface area contributed by atoms with Crippen molar-refractivity contribution in [1.29, 1.82) is 0 Å². The molecule has 1 N–H and O–H groups in total. The third kappa shape index (κ3) is 4.80. The van der Waals surface area contributed by atoms with Gasteiger partial charge in [-0.05, 0) is 56.8 Å². The summed E-state index contributed by atoms with van der Waals surface area (Å²) in [5.74, 6) is 0.0364. The summed E-state index contributed by atoms with van der Waals surface area (Å²) >= 11 is 1.58. The minimum Gasteiger partial charge on any atom is -0.369 e. The second-order valence-electron chi connectivity index (χ2n) is 6.85. The predicted molar refractivity (Wildman–Crippen MR) is 111 cm³/mol. The van der Waals surface area contributed by atoms with Crippen LogP contribution in [0.4, 0.5) is 11.4 Å². The van der Waals surface area contributed by atoms with Crippen LogP contribution in [0.15, 0.2) is 53.4 Å². The first-order valence-corrected chi connectivity index (χ1v) is 9.97. The van der Waals surface area contributed by atoms with Gasteiger partial charge in [0, 0.05) is 42.4 Å². The quantitative estimate of drug-likeness (QED) is 0.812. The van der Waals surface area contributed by atoms with Crippen LogP contribution in [0.1, 0.15) is 12.5 Å². The molecule has 1 saturated heterocycles. The van der Waals surface area contributed by atoms with Gasteiger partial charge in [0.15, 0.2) is 0 Å². The third-order valence-electron chi connectivity index (χ3n) is 4.76. The van der Waals surface area contributed by atoms with Crippen LogP contribution in [-0.2, 0) is 4.79 Å². The fraction of sp³-hybridized carbons (Fsp3) is 0.381. The average molecular weight is 370 g/mol. The predicted octanol–water partition coefficient (Wildman–Crippen LogP) is 3.87. The number of benzene rings is 2. The van der Waals surface area contributed by atoms with Crippen molar-refractivity contribution in [3.05, 3.63) is 54.1 Å². The lowest BCUT2D eigenvalue weighted by Crippen LogP contribution is -2.44. The van der Waals surface area contributed by atoms with E-state index in [0.29, 0.717) is 0 Å². The van der Waals surface area contributed by atoms with Gasteiger partial charge in [-0.25, -0.2) is 0 Å². The van der Waals surface area contributed by atoms with E-state index in [1.165, 1.54) is 5.69 Å². The van der Waals surface area contributed by atoms with E-state index < -0.39 is 0 Å². The Hall–Kier alpha value is -1.98. The summed E-state index contributed by atoms with van der Waals surface area (Å²) in [4.78, 5) is 18.4. The van der Waals surface area contributed by atoms with Crippen molar-refractivity contribution in [2.45, 2.75) is 24.0 Å². The van der Waals surface area contributed by atoms with Gasteiger partial charge >= 0.3 is 0 Å². The minimum absolute atomic E-state index is 0.0364. The molecule has 5 heteroatoms. The molecule has 1 heterocycles. The lowest BCUT2D eigenvalue weighted by Gasteiger charge is -2.34. The van der Waals surface area contributed by atoms with Crippen molar-refractivity contribution in [1.82, 2.24) is 4.90 Å². The number of hydrogen-bond acceptors (Lipinski definition) is 4. The van der Waals surface area contributed by atoms with Crippen molar-refractivity contribution in [2.24, 2.45) is 0 Å². The van der Waals surface area contributed by atoms with Crippen molar-refractivity contribution in [3.8, 4) is 0 Å². The number of rotatable bonds is 5. The maximum atomic E-state index is 12.5. The Bertz CT molecular complexity index is 742. The Balaban J connectivity index is 1.61. The molecule has 0 bridgehead atoms. The van der Waals surface area contributed by atoms with Gasteiger partial charge in [-0.3, -0.25) is 4.79 Å². The summed E-state index contributed by atoms with van der Waals surface area (Å²) in [6.45, 7) is 8.28. The number of likely N-dealkylation sites (N-methyl/N-ethyl adjacent to an activating group) is 1. The van der Waals surface area contributed by atoms with Gasteiger partial charge in [0.05, 0.1) is 5.25 Å². The van der Waals surface area contributed by atoms with Gasteiger partial charge in [-0.1, -0.05) is 18.2 Å². The minimum atomic E-state index is -0.144. The summed E-state index contributed by atoms with van der Waals surface area (Å²) in [6.07, 6.45) is 0. The molecule has 0 spiro atoms. The molecule has 1 amide bonds. The van der Waals surface area contributed by atoms with Gasteiger partial charge in [0.1, 0.15) is 0 Å². The number of amides is 1. The molecule has 138 valence electrons. The molecule has 26 heavy (non-hydrogen) atoms. The second kappa shape index (κ2) is 8.60. The fourth-order valence-corrected chi connectivity index (χ4v) is 3.93. The normalized spacial score (nSPS) is 16.3. The zero-order chi connectivity index (χ0) is 18.5. The molecular weight excluding hydrogens is 342 g/mol. The molecule has 4 nitrogen and oxygen atoms in total. The lowest BCUT2D eigenvalue weighted by molar-refractivity contribution is -0.115. The first-order chi connectivity index (χ1) is 12.5. The summed E-state index contributed by atoms with van der Waals surface area (Å²) in [5.41, 5.74) is 3.24. The van der Waals surface area contributed by atoms with E-state index in [4.69, 9.17) is 0 Å². The standard InChI is InChI=1S/C21H27N3OS/c1-16-15-18(24-13-11-23(3)12-14-24)9-10-20(16)22-21(25)17(2)26-19-7-5-4-6-8-19/h4-10,15,17H,11-14H2,1-3H3,(H,22,25)/t17-/m1/s1. The Morgan fingerprint density at radius 3 is 2.42 bits per heavy atom. The van der Waals surface area contributed by atoms with Crippen LogP contribution < -0.4 is 10.2 Å². The van der Waals surface area contributed by atoms with E-state index in [0.717, 1.165) is 42.3 Å². The number of piperazine rings is 1. The molecule has 0 aromatic heterocycles. The number of aryl methyl sites for hydroxylation is 1. The Kier molecular flexibility index (Phi) is 6.22. The average Bonchev–Trinajstić information content (AvgIpc) is 2.64. The summed E-state index contributed by atoms with van der Waals surface area (Å²) < 4.78 is 0. The van der Waals surface area contributed by atoms with Crippen LogP contribution in [0.25, 0.3) is 0 Å². The number of carbonyl (C=O) groups excluding carboxylic acids is 1. The largest absolute Gasteiger partial charge is 0.369 e. The maximum Gasteiger partial charge on any atom is 0.237 e. The van der Waals surface area contributed by atoms with E-state index >= 15 is 0 Å². The zero-order valence-corrected chi connectivity index (χ0v) is 16.6. The number of anilines is 2. The molecule has 0 saturated carbocycles. The van der Waals surface area contributed by atoms with Crippen molar-refractivity contribution in [3.63, 3.8) is 0 Å². The number of nitrogens with one attached hydrogen (secondary N) is 1. The molecule has 1 aliphatic heterocycles. The van der Waals surface area contributed by atoms with Gasteiger partial charge in [0.25, 0.3) is 0 Å². The summed E-state index contributed by atoms with van der Waals surface area (Å²) in [5, 5.41) is 2.94. The SMILES string of the molecule is Cc1cc(N2CCN(C)CC2)ccc1NC(=O)[C@@H](C)Sc1ccccc1. The Morgan fingerprint density at radius 1 is 1.08 bits per heavy atom. The summed E-state index contributed by atoms with van der Waals surface area (Å²) in [7, 11) is 2.16. The van der Waals surface area contributed by atoms with E-state index in [1.54, 1.807) is 11.8 Å². The highest BCUT2D eigenvalue weighted by molar-refractivity contribution is 8.00. The van der Waals surface area contributed by atoms with Crippen LogP contribution in [-0.4, -0.2) is 49.3 Å². The molecular formula is C21H27N3OS. The summed E-state index contributed by atoms with van der Waals surface area (Å²) in [6, 6.07) is 16.4. The maximum absolute atomic E-state index is 12.5. The lowest BCUT2D eigenvalue weighted by atomic mass is 10.1. The molecule has 0 radical (unpaired) electrons. The highest BCUT2D eigenvalue weighted by Gasteiger charge is 2.17. The van der Waals surface area contributed by atoms with Crippen LogP contribution in [0.5, 0.6) is 0 Å². The van der Waals surface area contributed by atoms with E-state index in [9.17, 15) is 4.79 Å². The highest BCUT2D eigenvalue weighted by atomic mass is 32.2. The van der Waals surface area contributed by atoms with Gasteiger partial charge in [-0.15, -0.1) is 11.8 Å². The van der Waals surface area contributed by atoms with Crippen LogP contribution in [0.3, 0.4) is 0 Å². The van der Waals surface area contributed by atoms with E-state index in [1.807, 2.05) is 43.3 Å². The second-order valence-corrected chi connectivity index (χ2v) is 8.27. The van der Waals surface area contributed by atoms with E-state index in [2.05, 4.69) is 41.2 Å². The molecule has 2 aromatic rings. The fourth-order valence-electron chi connectivity index (χ4n) is 3.04. The number of hydrogen-bond donors (Lipinski definition) is 1. The van der Waals surface area contributed by atoms with Crippen molar-refractivity contribution >= 4 is 29.0 Å². The topological polar surface area (TPSA) is 35.6 Å². The van der Waals surface area contributed by atoms with Crippen molar-refractivity contribution < 1.29 is 4.79 Å². The van der Waals surface area contributed by atoms with Gasteiger partial charge in [-0.2, -0.15) is 0 Å². The monoisotopic (exact) mass is 369 g/mol. The highest BCUT2D eigenvalue weighted by Crippen LogP contribution is 2.26. The molecule has 2 aromatic carbocycles. The van der Waals surface area contributed by atoms with Gasteiger partial charge in [0.2, 0.25) is 5.91 Å². The van der Waals surface area contributed by atoms with Crippen LogP contribution in [0.2, 0.25) is 0 Å². The third-order valence-corrected chi connectivity index (χ3v) is 5.87. The molecule has 1 fully saturated rings. The Labute approximate surface area is 160 Å². The van der Waals surface area contributed by atoms with Crippen molar-refractivity contribution in [2.75, 3.05) is 43.4 Å². The number of carbonyl (C=O) groups is 1. The first-order valence-electron chi connectivity index (χ1n) is 9.09. The zero-order valence-electron chi connectivity index (χ0n) is 15.7. The Morgan fingerprint density at radius 2 is 1.77 bits per heavy atom. The van der Waals surface area contributed by atoms with Gasteiger partial charge < -0.3 is 15.1 Å². The molecule has 1 aliphatic rings. The number of thioether (sulfide) groups is 1. The van der Waals surface area contributed by atoms with Crippen LogP contribution >= 0.6 is 11.8 Å². The number of nitrogens with zero attached hydrogens (tertiary/aromatic N) is 2. The molecule has 0 aliphatic carbocycles. The molecule has 3 rings (SSSR count). The molecule has 0 unspecified atom stereocenters. The van der Waals surface area contributed by atoms with Crippen LogP contribution in [0, 0.1) is 6.92 Å². The first kappa shape index (κ1) is 18.8. The molecule has 1 atom stereocenters.